The van der Waals surface area contributed by atoms with Crippen molar-refractivity contribution in [2.24, 2.45) is 52.8 Å². The molecule has 8 aliphatic carbocycles. The van der Waals surface area contributed by atoms with Gasteiger partial charge >= 0.3 is 79.6 Å². The number of ether oxygens (including phenoxy) is 6. The zero-order valence-electron chi connectivity index (χ0n) is 60.2. The zero-order valence-corrected chi connectivity index (χ0v) is 64.7. The van der Waals surface area contributed by atoms with Crippen LogP contribution < -0.4 is 39.0 Å². The molecule has 0 aliphatic heterocycles. The first kappa shape index (κ1) is 87.3. The van der Waals surface area contributed by atoms with Crippen LogP contribution in [0.5, 0.6) is 11.5 Å². The second-order valence-corrected chi connectivity index (χ2v) is 34.3. The van der Waals surface area contributed by atoms with Gasteiger partial charge in [0, 0.05) is 11.8 Å². The normalized spacial score (nSPS) is 22.1. The van der Waals surface area contributed by atoms with Crippen LogP contribution in [0.4, 0.5) is 30.7 Å². The van der Waals surface area contributed by atoms with Crippen LogP contribution in [-0.2, 0) is 68.5 Å². The molecule has 1 N–H and O–H groups in total. The molecule has 8 aliphatic rings. The Kier molecular flexibility index (Phi) is 29.6. The molecule has 6 aromatic carbocycles. The van der Waals surface area contributed by atoms with Crippen molar-refractivity contribution >= 4 is 54.2 Å². The Morgan fingerprint density at radius 2 is 0.729 bits per heavy atom. The fraction of sp³-hybridized carbons (Fsp3) is 0.481. The third kappa shape index (κ3) is 25.0. The van der Waals surface area contributed by atoms with Gasteiger partial charge in [-0.3, -0.25) is 14.1 Å². The predicted octanol–water partition coefficient (Wildman–Crippen LogP) is 12.2. The number of hydrogen-bond acceptors (Lipinski definition) is 18. The van der Waals surface area contributed by atoms with Crippen LogP contribution in [0.1, 0.15) is 157 Å². The maximum absolute atomic E-state index is 13.1. The van der Waals surface area contributed by atoms with E-state index in [-0.39, 0.29) is 78.4 Å². The molecule has 0 amide bonds. The van der Waals surface area contributed by atoms with Gasteiger partial charge in [-0.05, 0) is 211 Å². The minimum Gasteiger partial charge on any atom is -0.743 e. The Bertz CT molecular complexity index is 3970. The van der Waals surface area contributed by atoms with E-state index in [0.717, 1.165) is 44.9 Å². The number of alkyl halides is 7. The summed E-state index contributed by atoms with van der Waals surface area (Å²) in [6.07, 6.45) is 10.1. The third-order valence-electron chi connectivity index (χ3n) is 19.3. The number of esters is 4. The summed E-state index contributed by atoms with van der Waals surface area (Å²) in [6, 6.07) is 57.5. The molecule has 0 aromatic heterocycles. The van der Waals surface area contributed by atoms with Crippen molar-refractivity contribution in [2.75, 3.05) is 26.4 Å². The number of benzene rings is 6. The summed E-state index contributed by atoms with van der Waals surface area (Å²) in [5.74, 6) is 1.83. The van der Waals surface area contributed by atoms with Crippen molar-refractivity contribution in [3.05, 3.63) is 203 Å². The van der Waals surface area contributed by atoms with E-state index in [1.165, 1.54) is 39.8 Å². The number of carbonyl (C=O) groups excluding carboxylic acids is 4. The predicted molar refractivity (Wildman–Crippen MR) is 373 cm³/mol. The van der Waals surface area contributed by atoms with E-state index in [1.54, 1.807) is 0 Å². The van der Waals surface area contributed by atoms with Crippen molar-refractivity contribution in [1.82, 2.24) is 0 Å². The van der Waals surface area contributed by atoms with Gasteiger partial charge < -0.3 is 37.5 Å². The average Bonchev–Trinajstić information content (AvgIpc) is 0.745. The van der Waals surface area contributed by atoms with Crippen LogP contribution in [0.3, 0.4) is 0 Å². The van der Waals surface area contributed by atoms with Gasteiger partial charge in [0.2, 0.25) is 0 Å². The average molecular weight is 1570 g/mol. The van der Waals surface area contributed by atoms with Crippen LogP contribution >= 0.6 is 0 Å². The van der Waals surface area contributed by atoms with E-state index in [2.05, 4.69) is 131 Å². The molecule has 8 bridgehead atoms. The molecule has 8 fully saturated rings. The second-order valence-electron chi connectivity index (χ2n) is 29.8. The monoisotopic (exact) mass is 1570 g/mol. The number of halogens is 7. The Morgan fingerprint density at radius 3 is 1.01 bits per heavy atom. The van der Waals surface area contributed by atoms with Gasteiger partial charge in [-0.2, -0.15) is 39.2 Å². The smallest absolute Gasteiger partial charge is 0.743 e. The molecular formula is C77H87F7NaO19S3-. The van der Waals surface area contributed by atoms with Crippen LogP contribution in [0.15, 0.2) is 170 Å². The van der Waals surface area contributed by atoms with Gasteiger partial charge in [0.15, 0.2) is 46.7 Å². The molecule has 0 heterocycles. The molecule has 0 unspecified atom stereocenters. The van der Waals surface area contributed by atoms with Crippen molar-refractivity contribution in [2.45, 2.75) is 151 Å². The minimum atomic E-state index is -6.09. The van der Waals surface area contributed by atoms with Crippen molar-refractivity contribution in [1.29, 1.82) is 0 Å². The Hall–Kier alpha value is -6.96. The zero-order chi connectivity index (χ0) is 77.8. The van der Waals surface area contributed by atoms with Gasteiger partial charge in [0.1, 0.15) is 22.7 Å². The first-order chi connectivity index (χ1) is 49.4. The van der Waals surface area contributed by atoms with Crippen LogP contribution in [0.25, 0.3) is 0 Å². The Morgan fingerprint density at radius 1 is 0.439 bits per heavy atom. The number of rotatable bonds is 20. The number of carbonyl (C=O) groups is 4. The molecule has 0 radical (unpaired) electrons. The minimum absolute atomic E-state index is 0. The Labute approximate surface area is 641 Å². The maximum atomic E-state index is 13.1. The van der Waals surface area contributed by atoms with Gasteiger partial charge in [-0.1, -0.05) is 146 Å². The summed E-state index contributed by atoms with van der Waals surface area (Å²) < 4.78 is 203. The standard InChI is InChI=1S/2C25H26O3.2C13H18F2O5S.CHF3O3S.Na/c2*1-25(2,3)28-23(26)18-27-22-16-14-21(15-17-22)24(19-10-6-4-7-11-19)20-12-8-5-9-13-20;14-13(15,21(17,18)19)7-20-11(16)12-4-8-1-9(5-12)3-10(2-8)6-12;14-13(15,21(17,18)19)6-20-12(16)11-9-2-7-1-8(4-9)5-10(11)3-7;2-1(3,4)8(5,6)7;/h2*4-17,24H,18H2,1-3H3;8-10H,1-7H2,(H,17,18,19);7-11H,1-6H2,(H,17,18,19);(H,5,6,7);/q;;;;;+1/p-2. The topological polar surface area (TPSA) is 292 Å². The van der Waals surface area contributed by atoms with Gasteiger partial charge in [0.05, 0.1) is 11.3 Å². The molecule has 8 saturated carbocycles. The van der Waals surface area contributed by atoms with Gasteiger partial charge in [0.25, 0.3) is 0 Å². The summed E-state index contributed by atoms with van der Waals surface area (Å²) in [4.78, 5) is 48.0. The quantitative estimate of drug-likeness (QED) is 0.0141. The van der Waals surface area contributed by atoms with E-state index in [9.17, 15) is 71.3 Å². The van der Waals surface area contributed by atoms with Crippen LogP contribution in [0.2, 0.25) is 0 Å². The van der Waals surface area contributed by atoms with Crippen molar-refractivity contribution in [3.63, 3.8) is 0 Å². The molecule has 30 heteroatoms. The Balaban J connectivity index is 0.000000193. The first-order valence-electron chi connectivity index (χ1n) is 34.5. The molecule has 107 heavy (non-hydrogen) atoms. The van der Waals surface area contributed by atoms with E-state index in [1.807, 2.05) is 90.1 Å². The molecular weight excluding hydrogens is 1480 g/mol. The molecule has 19 nitrogen and oxygen atoms in total. The maximum Gasteiger partial charge on any atom is 1.00 e. The summed E-state index contributed by atoms with van der Waals surface area (Å²) in [6.45, 7) is 7.54. The fourth-order valence-corrected chi connectivity index (χ4v) is 16.1. The van der Waals surface area contributed by atoms with E-state index in [0.29, 0.717) is 60.4 Å². The second kappa shape index (κ2) is 36.3. The van der Waals surface area contributed by atoms with E-state index >= 15 is 0 Å². The van der Waals surface area contributed by atoms with Crippen LogP contribution in [-0.4, -0.2) is 116 Å². The van der Waals surface area contributed by atoms with Gasteiger partial charge in [-0.25, -0.2) is 26.4 Å². The van der Waals surface area contributed by atoms with Gasteiger partial charge in [-0.15, -0.1) is 0 Å². The molecule has 0 spiro atoms. The number of hydrogen-bond donors (Lipinski definition) is 1. The summed E-state index contributed by atoms with van der Waals surface area (Å²) in [5, 5.41) is -9.01. The van der Waals surface area contributed by atoms with E-state index in [4.69, 9.17) is 36.5 Å². The molecule has 0 saturated heterocycles. The summed E-state index contributed by atoms with van der Waals surface area (Å²) in [5.41, 5.74) is -0.119. The summed E-state index contributed by atoms with van der Waals surface area (Å²) >= 11 is 0. The van der Waals surface area contributed by atoms with Crippen molar-refractivity contribution < 1.29 is 147 Å². The molecule has 14 rings (SSSR count). The molecule has 578 valence electrons. The van der Waals surface area contributed by atoms with Crippen molar-refractivity contribution in [3.8, 4) is 11.5 Å². The molecule has 0 atom stereocenters. The molecule has 6 aromatic rings. The van der Waals surface area contributed by atoms with E-state index < -0.39 is 94.1 Å². The SMILES string of the molecule is CC(C)(C)OC(=O)COc1ccc(C(c2ccccc2)c2ccccc2)cc1.CC(C)(C)OC(=O)COc1ccc(C(c2ccccc2)c2ccccc2)cc1.O=C(OCC(F)(F)S(=O)(=O)O)C12CC3CC(CC(C3)C1)C2.O=C(OCC(F)(F)S(=O)(=O)[O-])C1C2CC3CC(C2)CC1C3.O=S(=O)([O-])C(F)(F)F.[Na+]. The summed E-state index contributed by atoms with van der Waals surface area (Å²) in [7, 11) is -17.5. The fourth-order valence-electron chi connectivity index (χ4n) is 15.6. The third-order valence-corrected chi connectivity index (χ3v) is 21.6. The largest absolute Gasteiger partial charge is 1.00 e. The first-order valence-corrected chi connectivity index (χ1v) is 38.8. The van der Waals surface area contributed by atoms with Crippen LogP contribution in [0, 0.1) is 52.8 Å².